The molecule has 0 unspecified atom stereocenters. The summed E-state index contributed by atoms with van der Waals surface area (Å²) >= 11 is 0. The van der Waals surface area contributed by atoms with Crippen molar-refractivity contribution in [3.05, 3.63) is 17.5 Å². The standard InChI is InChI=1S/C6H9N3O3/c1-4-2-5(8-12-4)3-11-9-6(7)10/h2H,3H2,1H3,(H3,7,9,10). The average Bonchev–Trinajstić information content (AvgIpc) is 2.35. The van der Waals surface area contributed by atoms with E-state index in [1.54, 1.807) is 13.0 Å². The molecular formula is C6H9N3O3. The smallest absolute Gasteiger partial charge is 0.336 e. The maximum absolute atomic E-state index is 10.1. The maximum atomic E-state index is 10.1. The largest absolute Gasteiger partial charge is 0.361 e. The van der Waals surface area contributed by atoms with Crippen molar-refractivity contribution in [1.29, 1.82) is 0 Å². The van der Waals surface area contributed by atoms with Crippen LogP contribution in [-0.2, 0) is 11.4 Å². The summed E-state index contributed by atoms with van der Waals surface area (Å²) in [5.41, 5.74) is 7.30. The Morgan fingerprint density at radius 1 is 1.92 bits per heavy atom. The molecule has 2 amide bonds. The minimum atomic E-state index is -0.741. The number of aromatic nitrogens is 1. The summed E-state index contributed by atoms with van der Waals surface area (Å²) in [6.07, 6.45) is 0. The minimum absolute atomic E-state index is 0.139. The Kier molecular flexibility index (Phi) is 2.65. The van der Waals surface area contributed by atoms with Crippen molar-refractivity contribution in [2.75, 3.05) is 0 Å². The second kappa shape index (κ2) is 3.72. The third-order valence-corrected chi connectivity index (χ3v) is 1.07. The highest BCUT2D eigenvalue weighted by atomic mass is 16.7. The second-order valence-electron chi connectivity index (χ2n) is 2.18. The third kappa shape index (κ3) is 2.59. The Morgan fingerprint density at radius 2 is 2.67 bits per heavy atom. The predicted octanol–water partition coefficient (Wildman–Crippen LogP) is 0.0829. The van der Waals surface area contributed by atoms with E-state index in [9.17, 15) is 4.79 Å². The van der Waals surface area contributed by atoms with Gasteiger partial charge in [0, 0.05) is 6.07 Å². The van der Waals surface area contributed by atoms with E-state index in [0.717, 1.165) is 0 Å². The Labute approximate surface area is 68.6 Å². The van der Waals surface area contributed by atoms with Crippen molar-refractivity contribution < 1.29 is 14.2 Å². The number of hydrogen-bond acceptors (Lipinski definition) is 4. The van der Waals surface area contributed by atoms with Crippen LogP contribution in [0.5, 0.6) is 0 Å². The molecule has 0 radical (unpaired) electrons. The minimum Gasteiger partial charge on any atom is -0.361 e. The first-order chi connectivity index (χ1) is 5.68. The molecule has 0 aliphatic carbocycles. The molecule has 0 aliphatic rings. The summed E-state index contributed by atoms with van der Waals surface area (Å²) in [5.74, 6) is 0.688. The van der Waals surface area contributed by atoms with Crippen LogP contribution in [0.25, 0.3) is 0 Å². The molecule has 0 fully saturated rings. The van der Waals surface area contributed by atoms with Gasteiger partial charge in [0.2, 0.25) is 0 Å². The zero-order valence-corrected chi connectivity index (χ0v) is 6.53. The summed E-state index contributed by atoms with van der Waals surface area (Å²) < 4.78 is 4.75. The molecule has 0 atom stereocenters. The van der Waals surface area contributed by atoms with Crippen LogP contribution >= 0.6 is 0 Å². The van der Waals surface area contributed by atoms with E-state index in [1.807, 2.05) is 5.48 Å². The summed E-state index contributed by atoms with van der Waals surface area (Å²) in [7, 11) is 0. The number of nitrogens with zero attached hydrogens (tertiary/aromatic N) is 1. The lowest BCUT2D eigenvalue weighted by molar-refractivity contribution is 0.0487. The lowest BCUT2D eigenvalue weighted by Gasteiger charge is -1.98. The fraction of sp³-hybridized carbons (Fsp3) is 0.333. The van der Waals surface area contributed by atoms with Crippen molar-refractivity contribution >= 4 is 6.03 Å². The first kappa shape index (κ1) is 8.54. The molecule has 0 aliphatic heterocycles. The van der Waals surface area contributed by atoms with Crippen molar-refractivity contribution in [1.82, 2.24) is 10.6 Å². The Hall–Kier alpha value is -1.56. The molecule has 0 saturated heterocycles. The van der Waals surface area contributed by atoms with Crippen LogP contribution in [0.2, 0.25) is 0 Å². The van der Waals surface area contributed by atoms with Crippen molar-refractivity contribution in [3.8, 4) is 0 Å². The van der Waals surface area contributed by atoms with Crippen molar-refractivity contribution in [2.24, 2.45) is 5.73 Å². The lowest BCUT2D eigenvalue weighted by Crippen LogP contribution is -2.29. The fourth-order valence-corrected chi connectivity index (χ4v) is 0.667. The molecule has 1 aromatic heterocycles. The van der Waals surface area contributed by atoms with E-state index in [-0.39, 0.29) is 6.61 Å². The highest BCUT2D eigenvalue weighted by Crippen LogP contribution is 2.01. The van der Waals surface area contributed by atoms with E-state index in [1.165, 1.54) is 0 Å². The van der Waals surface area contributed by atoms with Crippen LogP contribution in [-0.4, -0.2) is 11.2 Å². The van der Waals surface area contributed by atoms with E-state index >= 15 is 0 Å². The maximum Gasteiger partial charge on any atom is 0.336 e. The molecule has 0 saturated carbocycles. The zero-order valence-electron chi connectivity index (χ0n) is 6.53. The first-order valence-corrected chi connectivity index (χ1v) is 3.28. The number of hydrogen-bond donors (Lipinski definition) is 2. The number of carbonyl (C=O) groups is 1. The number of urea groups is 1. The monoisotopic (exact) mass is 171 g/mol. The first-order valence-electron chi connectivity index (χ1n) is 3.28. The average molecular weight is 171 g/mol. The van der Waals surface area contributed by atoms with Gasteiger partial charge in [-0.15, -0.1) is 0 Å². The number of rotatable bonds is 3. The van der Waals surface area contributed by atoms with Gasteiger partial charge >= 0.3 is 6.03 Å². The van der Waals surface area contributed by atoms with E-state index in [4.69, 9.17) is 10.3 Å². The van der Waals surface area contributed by atoms with Gasteiger partial charge in [-0.25, -0.2) is 10.3 Å². The van der Waals surface area contributed by atoms with Crippen LogP contribution in [0.4, 0.5) is 4.79 Å². The van der Waals surface area contributed by atoms with Gasteiger partial charge in [-0.3, -0.25) is 4.84 Å². The number of nitrogens with one attached hydrogen (secondary N) is 1. The van der Waals surface area contributed by atoms with Crippen LogP contribution in [0, 0.1) is 6.92 Å². The zero-order chi connectivity index (χ0) is 8.97. The number of amides is 2. The third-order valence-electron chi connectivity index (χ3n) is 1.07. The summed E-state index contributed by atoms with van der Waals surface area (Å²) in [4.78, 5) is 14.8. The molecule has 0 spiro atoms. The molecule has 0 aromatic carbocycles. The van der Waals surface area contributed by atoms with Gasteiger partial charge in [0.15, 0.2) is 0 Å². The highest BCUT2D eigenvalue weighted by molar-refractivity contribution is 5.70. The van der Waals surface area contributed by atoms with Gasteiger partial charge < -0.3 is 10.3 Å². The molecular weight excluding hydrogens is 162 g/mol. The quantitative estimate of drug-likeness (QED) is 0.630. The van der Waals surface area contributed by atoms with E-state index in [2.05, 4.69) is 9.99 Å². The topological polar surface area (TPSA) is 90.4 Å². The molecule has 1 heterocycles. The van der Waals surface area contributed by atoms with Crippen molar-refractivity contribution in [3.63, 3.8) is 0 Å². The van der Waals surface area contributed by atoms with Gasteiger partial charge in [-0.05, 0) is 6.92 Å². The highest BCUT2D eigenvalue weighted by Gasteiger charge is 2.00. The Bertz CT molecular complexity index is 271. The molecule has 6 nitrogen and oxygen atoms in total. The fourth-order valence-electron chi connectivity index (χ4n) is 0.667. The lowest BCUT2D eigenvalue weighted by atomic mass is 10.4. The SMILES string of the molecule is Cc1cc(CONC(N)=O)no1. The van der Waals surface area contributed by atoms with Crippen LogP contribution in [0.3, 0.4) is 0 Å². The van der Waals surface area contributed by atoms with Crippen LogP contribution in [0.15, 0.2) is 10.6 Å². The van der Waals surface area contributed by atoms with Gasteiger partial charge in [-0.1, -0.05) is 5.16 Å². The number of aryl methyl sites for hydroxylation is 1. The molecule has 1 aromatic rings. The van der Waals surface area contributed by atoms with Crippen molar-refractivity contribution in [2.45, 2.75) is 13.5 Å². The Balaban J connectivity index is 2.29. The molecule has 1 rings (SSSR count). The van der Waals surface area contributed by atoms with Gasteiger partial charge in [-0.2, -0.15) is 0 Å². The summed E-state index contributed by atoms with van der Waals surface area (Å²) in [6.45, 7) is 1.90. The molecule has 0 bridgehead atoms. The number of primary amides is 1. The second-order valence-corrected chi connectivity index (χ2v) is 2.18. The normalized spacial score (nSPS) is 9.75. The van der Waals surface area contributed by atoms with Crippen LogP contribution < -0.4 is 11.2 Å². The molecule has 66 valence electrons. The van der Waals surface area contributed by atoms with Gasteiger partial charge in [0.1, 0.15) is 18.1 Å². The number of carbonyl (C=O) groups excluding carboxylic acids is 1. The van der Waals surface area contributed by atoms with Gasteiger partial charge in [0.05, 0.1) is 0 Å². The van der Waals surface area contributed by atoms with Gasteiger partial charge in [0.25, 0.3) is 0 Å². The number of hydroxylamine groups is 1. The van der Waals surface area contributed by atoms with E-state index in [0.29, 0.717) is 11.5 Å². The molecule has 12 heavy (non-hydrogen) atoms. The Morgan fingerprint density at radius 3 is 3.17 bits per heavy atom. The van der Waals surface area contributed by atoms with Crippen LogP contribution in [0.1, 0.15) is 11.5 Å². The predicted molar refractivity (Wildman–Crippen MR) is 38.7 cm³/mol. The van der Waals surface area contributed by atoms with E-state index < -0.39 is 6.03 Å². The number of nitrogens with two attached hydrogens (primary N) is 1. The summed E-state index contributed by atoms with van der Waals surface area (Å²) in [6, 6.07) is 0.957. The summed E-state index contributed by atoms with van der Waals surface area (Å²) in [5, 5.41) is 3.62. The molecule has 3 N–H and O–H groups in total. The molecule has 6 heteroatoms.